The number of nitrogens with one attached hydrogen (secondary N) is 1. The largest absolute Gasteiger partial charge is 0.497 e. The van der Waals surface area contributed by atoms with Gasteiger partial charge in [-0.1, -0.05) is 36.4 Å². The molecule has 0 saturated heterocycles. The van der Waals surface area contributed by atoms with Gasteiger partial charge in [0, 0.05) is 6.04 Å². The van der Waals surface area contributed by atoms with E-state index in [1.165, 1.54) is 29.5 Å². The molecule has 0 spiro atoms. The van der Waals surface area contributed by atoms with E-state index in [0.29, 0.717) is 6.04 Å². The number of ether oxygens (including phenoxy) is 1. The Balaban J connectivity index is 1.62. The number of fused-ring (bicyclic) bond motifs is 1. The van der Waals surface area contributed by atoms with E-state index in [9.17, 15) is 0 Å². The van der Waals surface area contributed by atoms with Gasteiger partial charge in [0.1, 0.15) is 5.75 Å². The van der Waals surface area contributed by atoms with Crippen molar-refractivity contribution in [2.24, 2.45) is 0 Å². The molecule has 1 aliphatic heterocycles. The Morgan fingerprint density at radius 2 is 2.00 bits per heavy atom. The summed E-state index contributed by atoms with van der Waals surface area (Å²) >= 11 is 0. The van der Waals surface area contributed by atoms with Gasteiger partial charge >= 0.3 is 0 Å². The van der Waals surface area contributed by atoms with E-state index < -0.39 is 0 Å². The first-order valence-corrected chi connectivity index (χ1v) is 7.81. The molecule has 2 aromatic rings. The summed E-state index contributed by atoms with van der Waals surface area (Å²) in [5.74, 6) is 0.971. The van der Waals surface area contributed by atoms with Crippen LogP contribution in [-0.4, -0.2) is 13.7 Å². The molecule has 0 fully saturated rings. The van der Waals surface area contributed by atoms with E-state index in [4.69, 9.17) is 4.74 Å². The lowest BCUT2D eigenvalue weighted by Gasteiger charge is -2.27. The Morgan fingerprint density at radius 3 is 2.81 bits per heavy atom. The topological polar surface area (TPSA) is 21.3 Å². The van der Waals surface area contributed by atoms with Crippen LogP contribution in [0, 0.1) is 0 Å². The van der Waals surface area contributed by atoms with E-state index in [2.05, 4.69) is 53.8 Å². The van der Waals surface area contributed by atoms with Gasteiger partial charge in [-0.05, 0) is 61.1 Å². The molecule has 2 heteroatoms. The molecule has 1 heterocycles. The van der Waals surface area contributed by atoms with E-state index in [-0.39, 0.29) is 0 Å². The van der Waals surface area contributed by atoms with E-state index in [1.807, 2.05) is 0 Å². The van der Waals surface area contributed by atoms with Crippen LogP contribution >= 0.6 is 0 Å². The number of hydrogen-bond acceptors (Lipinski definition) is 2. The van der Waals surface area contributed by atoms with Crippen LogP contribution in [0.4, 0.5) is 0 Å². The second-order valence-corrected chi connectivity index (χ2v) is 5.70. The van der Waals surface area contributed by atoms with E-state index in [1.54, 1.807) is 7.11 Å². The van der Waals surface area contributed by atoms with Gasteiger partial charge in [-0.3, -0.25) is 0 Å². The van der Waals surface area contributed by atoms with Crippen molar-refractivity contribution in [1.29, 1.82) is 0 Å². The third-order valence-corrected chi connectivity index (χ3v) is 4.31. The van der Waals surface area contributed by atoms with Crippen molar-refractivity contribution in [3.63, 3.8) is 0 Å². The summed E-state index contributed by atoms with van der Waals surface area (Å²) in [6, 6.07) is 17.7. The summed E-state index contributed by atoms with van der Waals surface area (Å²) in [5.41, 5.74) is 4.33. The molecule has 1 aliphatic rings. The van der Waals surface area contributed by atoms with Gasteiger partial charge in [0.05, 0.1) is 7.11 Å². The standard InChI is InChI=1S/C19H23NO/c1-21-17-10-11-18-16(14-17)12-13-20-19(18)9-5-8-15-6-3-2-4-7-15/h2-4,6-7,10-11,14,19-20H,5,8-9,12-13H2,1H3. The third-order valence-electron chi connectivity index (χ3n) is 4.31. The predicted octanol–water partition coefficient (Wildman–Crippen LogP) is 3.90. The summed E-state index contributed by atoms with van der Waals surface area (Å²) in [4.78, 5) is 0. The van der Waals surface area contributed by atoms with Gasteiger partial charge in [-0.2, -0.15) is 0 Å². The number of methoxy groups -OCH3 is 1. The van der Waals surface area contributed by atoms with Crippen molar-refractivity contribution in [3.05, 3.63) is 65.2 Å². The lowest BCUT2D eigenvalue weighted by Crippen LogP contribution is -2.29. The zero-order valence-corrected chi connectivity index (χ0v) is 12.6. The lowest BCUT2D eigenvalue weighted by molar-refractivity contribution is 0.411. The number of benzene rings is 2. The Labute approximate surface area is 127 Å². The van der Waals surface area contributed by atoms with Crippen LogP contribution < -0.4 is 10.1 Å². The maximum Gasteiger partial charge on any atom is 0.119 e. The average molecular weight is 281 g/mol. The Bertz CT molecular complexity index is 579. The molecule has 0 radical (unpaired) electrons. The highest BCUT2D eigenvalue weighted by atomic mass is 16.5. The molecule has 0 amide bonds. The highest BCUT2D eigenvalue weighted by Gasteiger charge is 2.19. The minimum atomic E-state index is 0.489. The Kier molecular flexibility index (Phi) is 4.56. The predicted molar refractivity (Wildman–Crippen MR) is 86.8 cm³/mol. The molecule has 0 saturated carbocycles. The molecular weight excluding hydrogens is 258 g/mol. The molecule has 110 valence electrons. The molecule has 1 unspecified atom stereocenters. The molecular formula is C19H23NO. The summed E-state index contributed by atoms with van der Waals surface area (Å²) in [6.07, 6.45) is 4.66. The van der Waals surface area contributed by atoms with Gasteiger partial charge in [0.25, 0.3) is 0 Å². The first kappa shape index (κ1) is 14.2. The molecule has 0 aliphatic carbocycles. The van der Waals surface area contributed by atoms with Gasteiger partial charge in [0.15, 0.2) is 0 Å². The van der Waals surface area contributed by atoms with Crippen LogP contribution in [0.1, 0.15) is 35.6 Å². The fourth-order valence-electron chi connectivity index (χ4n) is 3.17. The van der Waals surface area contributed by atoms with Crippen LogP contribution in [0.5, 0.6) is 5.75 Å². The molecule has 0 aromatic heterocycles. The second kappa shape index (κ2) is 6.77. The van der Waals surface area contributed by atoms with E-state index >= 15 is 0 Å². The number of aryl methyl sites for hydroxylation is 1. The van der Waals surface area contributed by atoms with Crippen LogP contribution in [0.25, 0.3) is 0 Å². The zero-order chi connectivity index (χ0) is 14.5. The zero-order valence-electron chi connectivity index (χ0n) is 12.6. The monoisotopic (exact) mass is 281 g/mol. The van der Waals surface area contributed by atoms with Crippen LogP contribution in [0.3, 0.4) is 0 Å². The first-order chi connectivity index (χ1) is 10.4. The highest BCUT2D eigenvalue weighted by Crippen LogP contribution is 2.29. The molecule has 21 heavy (non-hydrogen) atoms. The maximum absolute atomic E-state index is 5.33. The Hall–Kier alpha value is -1.80. The van der Waals surface area contributed by atoms with Gasteiger partial charge in [-0.15, -0.1) is 0 Å². The molecule has 1 N–H and O–H groups in total. The minimum absolute atomic E-state index is 0.489. The van der Waals surface area contributed by atoms with Crippen LogP contribution in [-0.2, 0) is 12.8 Å². The lowest BCUT2D eigenvalue weighted by atomic mass is 9.90. The van der Waals surface area contributed by atoms with Crippen molar-refractivity contribution in [1.82, 2.24) is 5.32 Å². The smallest absolute Gasteiger partial charge is 0.119 e. The minimum Gasteiger partial charge on any atom is -0.497 e. The van der Waals surface area contributed by atoms with Crippen molar-refractivity contribution in [2.45, 2.75) is 31.7 Å². The van der Waals surface area contributed by atoms with Crippen LogP contribution in [0.2, 0.25) is 0 Å². The van der Waals surface area contributed by atoms with Gasteiger partial charge in [0.2, 0.25) is 0 Å². The van der Waals surface area contributed by atoms with Crippen LogP contribution in [0.15, 0.2) is 48.5 Å². The number of hydrogen-bond donors (Lipinski definition) is 1. The van der Waals surface area contributed by atoms with Crippen molar-refractivity contribution in [3.8, 4) is 5.75 Å². The molecule has 3 rings (SSSR count). The van der Waals surface area contributed by atoms with Crippen molar-refractivity contribution >= 4 is 0 Å². The summed E-state index contributed by atoms with van der Waals surface area (Å²) in [5, 5.41) is 3.66. The highest BCUT2D eigenvalue weighted by molar-refractivity contribution is 5.39. The first-order valence-electron chi connectivity index (χ1n) is 7.81. The summed E-state index contributed by atoms with van der Waals surface area (Å²) in [7, 11) is 1.74. The SMILES string of the molecule is COc1ccc2c(c1)CCNC2CCCc1ccccc1. The quantitative estimate of drug-likeness (QED) is 0.897. The van der Waals surface area contributed by atoms with E-state index in [0.717, 1.165) is 25.1 Å². The summed E-state index contributed by atoms with van der Waals surface area (Å²) < 4.78 is 5.33. The number of rotatable bonds is 5. The second-order valence-electron chi connectivity index (χ2n) is 5.70. The summed E-state index contributed by atoms with van der Waals surface area (Å²) in [6.45, 7) is 1.07. The van der Waals surface area contributed by atoms with Crippen molar-refractivity contribution < 1.29 is 4.74 Å². The third kappa shape index (κ3) is 3.45. The fourth-order valence-corrected chi connectivity index (χ4v) is 3.17. The van der Waals surface area contributed by atoms with Gasteiger partial charge in [-0.25, -0.2) is 0 Å². The maximum atomic E-state index is 5.33. The molecule has 0 bridgehead atoms. The molecule has 2 nitrogen and oxygen atoms in total. The fraction of sp³-hybridized carbons (Fsp3) is 0.368. The Morgan fingerprint density at radius 1 is 1.14 bits per heavy atom. The average Bonchev–Trinajstić information content (AvgIpc) is 2.55. The van der Waals surface area contributed by atoms with Gasteiger partial charge < -0.3 is 10.1 Å². The van der Waals surface area contributed by atoms with Crippen molar-refractivity contribution in [2.75, 3.05) is 13.7 Å². The molecule has 1 atom stereocenters. The normalized spacial score (nSPS) is 17.3. The molecule has 2 aromatic carbocycles.